The third kappa shape index (κ3) is 2.34. The van der Waals surface area contributed by atoms with Crippen LogP contribution < -0.4 is 4.90 Å². The second kappa shape index (κ2) is 4.59. The Morgan fingerprint density at radius 3 is 2.40 bits per heavy atom. The summed E-state index contributed by atoms with van der Waals surface area (Å²) >= 11 is 0. The summed E-state index contributed by atoms with van der Waals surface area (Å²) in [5, 5.41) is 8.30. The van der Waals surface area contributed by atoms with Crippen molar-refractivity contribution >= 4 is 11.9 Å². The maximum Gasteiger partial charge on any atom is 0.416 e. The van der Waals surface area contributed by atoms with Crippen LogP contribution in [0.2, 0.25) is 0 Å². The van der Waals surface area contributed by atoms with Crippen molar-refractivity contribution in [3.8, 4) is 11.3 Å². The summed E-state index contributed by atoms with van der Waals surface area (Å²) in [6.07, 6.45) is -0.378. The van der Waals surface area contributed by atoms with E-state index in [2.05, 4.69) is 10.2 Å². The van der Waals surface area contributed by atoms with Crippen LogP contribution in [-0.2, 0) is 4.74 Å². The van der Waals surface area contributed by atoms with Crippen molar-refractivity contribution in [3.05, 3.63) is 42.5 Å². The Labute approximate surface area is 117 Å². The van der Waals surface area contributed by atoms with E-state index in [0.29, 0.717) is 12.4 Å². The number of anilines is 1. The smallest absolute Gasteiger partial charge is 0.416 e. The number of hydrogen-bond donors (Lipinski definition) is 0. The van der Waals surface area contributed by atoms with Gasteiger partial charge in [0, 0.05) is 5.56 Å². The number of carbonyl (C=O) groups excluding carboxylic acids is 1. The Morgan fingerprint density at radius 2 is 1.85 bits per heavy atom. The van der Waals surface area contributed by atoms with Gasteiger partial charge in [0.2, 0.25) is 0 Å². The highest BCUT2D eigenvalue weighted by Crippen LogP contribution is 2.26. The van der Waals surface area contributed by atoms with E-state index in [1.165, 1.54) is 4.90 Å². The lowest BCUT2D eigenvalue weighted by Crippen LogP contribution is -2.29. The van der Waals surface area contributed by atoms with E-state index in [1.807, 2.05) is 50.2 Å². The first-order valence-corrected chi connectivity index (χ1v) is 6.45. The number of ether oxygens (including phenoxy) is 1. The first kappa shape index (κ1) is 12.6. The number of carbonyl (C=O) groups is 1. The molecule has 0 N–H and O–H groups in total. The number of hydrogen-bond acceptors (Lipinski definition) is 4. The number of benzene rings is 1. The molecule has 1 fully saturated rings. The number of amides is 1. The molecule has 3 rings (SSSR count). The fourth-order valence-corrected chi connectivity index (χ4v) is 2.18. The first-order chi connectivity index (χ1) is 9.55. The van der Waals surface area contributed by atoms with Gasteiger partial charge in [-0.15, -0.1) is 10.2 Å². The quantitative estimate of drug-likeness (QED) is 0.841. The van der Waals surface area contributed by atoms with Gasteiger partial charge in [-0.05, 0) is 26.0 Å². The Kier molecular flexibility index (Phi) is 2.89. The molecule has 1 aromatic heterocycles. The van der Waals surface area contributed by atoms with Gasteiger partial charge in [0.1, 0.15) is 5.60 Å². The van der Waals surface area contributed by atoms with Crippen molar-refractivity contribution in [2.75, 3.05) is 11.4 Å². The normalized spacial score (nSPS) is 17.1. The molecule has 1 saturated heterocycles. The lowest BCUT2D eigenvalue weighted by atomic mass is 10.1. The van der Waals surface area contributed by atoms with Crippen LogP contribution in [-0.4, -0.2) is 28.4 Å². The van der Waals surface area contributed by atoms with Gasteiger partial charge >= 0.3 is 6.09 Å². The maximum atomic E-state index is 11.8. The molecule has 0 aliphatic carbocycles. The minimum absolute atomic E-state index is 0.378. The van der Waals surface area contributed by atoms with Crippen molar-refractivity contribution in [3.63, 3.8) is 0 Å². The monoisotopic (exact) mass is 269 g/mol. The summed E-state index contributed by atoms with van der Waals surface area (Å²) < 4.78 is 5.25. The molecule has 0 unspecified atom stereocenters. The highest BCUT2D eigenvalue weighted by atomic mass is 16.6. The molecular weight excluding hydrogens is 254 g/mol. The molecule has 1 aliphatic heterocycles. The molecule has 5 nitrogen and oxygen atoms in total. The highest BCUT2D eigenvalue weighted by Gasteiger charge is 2.39. The minimum atomic E-state index is -0.489. The Morgan fingerprint density at radius 1 is 1.10 bits per heavy atom. The van der Waals surface area contributed by atoms with Gasteiger partial charge in [0.25, 0.3) is 0 Å². The molecule has 2 heterocycles. The number of cyclic esters (lactones) is 1. The van der Waals surface area contributed by atoms with E-state index >= 15 is 0 Å². The molecule has 20 heavy (non-hydrogen) atoms. The summed E-state index contributed by atoms with van der Waals surface area (Å²) in [5.74, 6) is 0.514. The van der Waals surface area contributed by atoms with E-state index in [0.717, 1.165) is 11.3 Å². The standard InChI is InChI=1S/C15H15N3O2/c1-15(2)10-18(14(19)20-15)13-9-8-12(16-17-13)11-6-4-3-5-7-11/h3-9H,10H2,1-2H3. The molecule has 0 radical (unpaired) electrons. The summed E-state index contributed by atoms with van der Waals surface area (Å²) in [6.45, 7) is 4.22. The molecular formula is C15H15N3O2. The zero-order valence-electron chi connectivity index (χ0n) is 11.4. The minimum Gasteiger partial charge on any atom is -0.441 e. The van der Waals surface area contributed by atoms with Gasteiger partial charge in [-0.2, -0.15) is 0 Å². The molecule has 1 aliphatic rings. The maximum absolute atomic E-state index is 11.8. The molecule has 0 saturated carbocycles. The number of nitrogens with zero attached hydrogens (tertiary/aromatic N) is 3. The van der Waals surface area contributed by atoms with Crippen LogP contribution >= 0.6 is 0 Å². The van der Waals surface area contributed by atoms with Gasteiger partial charge < -0.3 is 4.74 Å². The third-order valence-electron chi connectivity index (χ3n) is 3.12. The van der Waals surface area contributed by atoms with Crippen molar-refractivity contribution < 1.29 is 9.53 Å². The average molecular weight is 269 g/mol. The van der Waals surface area contributed by atoms with E-state index in [-0.39, 0.29) is 6.09 Å². The van der Waals surface area contributed by atoms with Crippen LogP contribution in [0.3, 0.4) is 0 Å². The lowest BCUT2D eigenvalue weighted by molar-refractivity contribution is 0.0871. The first-order valence-electron chi connectivity index (χ1n) is 6.45. The van der Waals surface area contributed by atoms with Gasteiger partial charge in [0.15, 0.2) is 5.82 Å². The molecule has 102 valence electrons. The van der Waals surface area contributed by atoms with E-state index < -0.39 is 5.60 Å². The molecule has 0 bridgehead atoms. The van der Waals surface area contributed by atoms with Crippen LogP contribution in [0, 0.1) is 0 Å². The van der Waals surface area contributed by atoms with Crippen LogP contribution in [0.15, 0.2) is 42.5 Å². The van der Waals surface area contributed by atoms with Crippen LogP contribution in [0.25, 0.3) is 11.3 Å². The highest BCUT2D eigenvalue weighted by molar-refractivity contribution is 5.89. The lowest BCUT2D eigenvalue weighted by Gasteiger charge is -2.14. The molecule has 0 atom stereocenters. The number of rotatable bonds is 2. The topological polar surface area (TPSA) is 55.3 Å². The SMILES string of the molecule is CC1(C)CN(c2ccc(-c3ccccc3)nn2)C(=O)O1. The Balaban J connectivity index is 1.86. The van der Waals surface area contributed by atoms with Gasteiger partial charge in [-0.25, -0.2) is 4.79 Å². The zero-order valence-corrected chi connectivity index (χ0v) is 11.4. The fraction of sp³-hybridized carbons (Fsp3) is 0.267. The van der Waals surface area contributed by atoms with Crippen LogP contribution in [0.5, 0.6) is 0 Å². The van der Waals surface area contributed by atoms with Crippen molar-refractivity contribution in [1.29, 1.82) is 0 Å². The fourth-order valence-electron chi connectivity index (χ4n) is 2.18. The van der Waals surface area contributed by atoms with E-state index in [1.54, 1.807) is 6.07 Å². The molecule has 5 heteroatoms. The van der Waals surface area contributed by atoms with E-state index in [9.17, 15) is 4.79 Å². The average Bonchev–Trinajstić information content (AvgIpc) is 2.73. The van der Waals surface area contributed by atoms with Crippen molar-refractivity contribution in [1.82, 2.24) is 10.2 Å². The van der Waals surface area contributed by atoms with Crippen molar-refractivity contribution in [2.45, 2.75) is 19.4 Å². The van der Waals surface area contributed by atoms with Crippen LogP contribution in [0.1, 0.15) is 13.8 Å². The van der Waals surface area contributed by atoms with Gasteiger partial charge in [-0.3, -0.25) is 4.90 Å². The van der Waals surface area contributed by atoms with E-state index in [4.69, 9.17) is 4.74 Å². The van der Waals surface area contributed by atoms with Crippen LogP contribution in [0.4, 0.5) is 10.6 Å². The molecule has 2 aromatic rings. The second-order valence-corrected chi connectivity index (χ2v) is 5.36. The Hall–Kier alpha value is -2.43. The molecule has 0 spiro atoms. The summed E-state index contributed by atoms with van der Waals surface area (Å²) in [6, 6.07) is 13.4. The zero-order chi connectivity index (χ0) is 14.2. The Bertz CT molecular complexity index is 623. The second-order valence-electron chi connectivity index (χ2n) is 5.36. The predicted molar refractivity (Wildman–Crippen MR) is 75.4 cm³/mol. The summed E-state index contributed by atoms with van der Waals surface area (Å²) in [5.41, 5.74) is 1.29. The molecule has 1 amide bonds. The molecule has 1 aromatic carbocycles. The summed E-state index contributed by atoms with van der Waals surface area (Å²) in [7, 11) is 0. The van der Waals surface area contributed by atoms with Gasteiger partial charge in [-0.1, -0.05) is 30.3 Å². The van der Waals surface area contributed by atoms with Gasteiger partial charge in [0.05, 0.1) is 12.2 Å². The van der Waals surface area contributed by atoms with Crippen molar-refractivity contribution in [2.24, 2.45) is 0 Å². The predicted octanol–water partition coefficient (Wildman–Crippen LogP) is 2.88. The summed E-state index contributed by atoms with van der Waals surface area (Å²) in [4.78, 5) is 13.3. The number of aromatic nitrogens is 2. The third-order valence-corrected chi connectivity index (χ3v) is 3.12. The largest absolute Gasteiger partial charge is 0.441 e.